The second-order valence-electron chi connectivity index (χ2n) is 5.77. The van der Waals surface area contributed by atoms with Crippen LogP contribution in [0.2, 0.25) is 0 Å². The number of rotatable bonds is 5. The van der Waals surface area contributed by atoms with E-state index in [2.05, 4.69) is 10.1 Å². The van der Waals surface area contributed by atoms with E-state index >= 15 is 0 Å². The van der Waals surface area contributed by atoms with Gasteiger partial charge in [-0.2, -0.15) is 4.98 Å². The molecule has 122 valence electrons. The van der Waals surface area contributed by atoms with Gasteiger partial charge >= 0.3 is 0 Å². The molecular weight excluding hydrogens is 294 g/mol. The van der Waals surface area contributed by atoms with Gasteiger partial charge in [-0.1, -0.05) is 24.1 Å². The molecule has 2 N–H and O–H groups in total. The number of nitrogens with two attached hydrogens (primary N) is 1. The van der Waals surface area contributed by atoms with E-state index in [0.29, 0.717) is 23.2 Å². The van der Waals surface area contributed by atoms with Gasteiger partial charge in [-0.05, 0) is 36.6 Å². The molecule has 23 heavy (non-hydrogen) atoms. The SMILES string of the molecule is COc1ccc(/C=C/c2nc(C3(N)CCCC3)no2)cc1OC. The third-order valence-corrected chi connectivity index (χ3v) is 4.21. The van der Waals surface area contributed by atoms with E-state index in [1.54, 1.807) is 20.3 Å². The van der Waals surface area contributed by atoms with Crippen LogP contribution in [0.3, 0.4) is 0 Å². The molecule has 1 aliphatic carbocycles. The summed E-state index contributed by atoms with van der Waals surface area (Å²) in [6, 6.07) is 5.66. The van der Waals surface area contributed by atoms with Crippen molar-refractivity contribution in [2.75, 3.05) is 14.2 Å². The van der Waals surface area contributed by atoms with Crippen LogP contribution in [0, 0.1) is 0 Å². The molecule has 1 aromatic carbocycles. The van der Waals surface area contributed by atoms with E-state index in [1.165, 1.54) is 0 Å². The summed E-state index contributed by atoms with van der Waals surface area (Å²) >= 11 is 0. The molecule has 1 aromatic heterocycles. The van der Waals surface area contributed by atoms with Crippen molar-refractivity contribution in [3.05, 3.63) is 35.5 Å². The summed E-state index contributed by atoms with van der Waals surface area (Å²) in [6.07, 6.45) is 7.70. The van der Waals surface area contributed by atoms with Gasteiger partial charge in [0.1, 0.15) is 0 Å². The van der Waals surface area contributed by atoms with Crippen molar-refractivity contribution in [3.8, 4) is 11.5 Å². The quantitative estimate of drug-likeness (QED) is 0.913. The molecule has 1 heterocycles. The van der Waals surface area contributed by atoms with Gasteiger partial charge in [0.05, 0.1) is 19.8 Å². The Kier molecular flexibility index (Phi) is 4.34. The molecule has 0 radical (unpaired) electrons. The zero-order valence-electron chi connectivity index (χ0n) is 13.4. The monoisotopic (exact) mass is 315 g/mol. The fourth-order valence-electron chi connectivity index (χ4n) is 2.86. The Morgan fingerprint density at radius 3 is 2.57 bits per heavy atom. The second kappa shape index (κ2) is 6.42. The lowest BCUT2D eigenvalue weighted by Gasteiger charge is -2.17. The minimum atomic E-state index is -0.432. The summed E-state index contributed by atoms with van der Waals surface area (Å²) in [5, 5.41) is 4.04. The van der Waals surface area contributed by atoms with E-state index in [1.807, 2.05) is 24.3 Å². The summed E-state index contributed by atoms with van der Waals surface area (Å²) in [6.45, 7) is 0. The standard InChI is InChI=1S/C17H21N3O3/c1-21-13-7-5-12(11-14(13)22-2)6-8-15-19-16(20-23-15)17(18)9-3-4-10-17/h5-8,11H,3-4,9-10,18H2,1-2H3/b8-6+. The van der Waals surface area contributed by atoms with Crippen molar-refractivity contribution in [2.45, 2.75) is 31.2 Å². The first-order chi connectivity index (χ1) is 11.1. The predicted octanol–water partition coefficient (Wildman–Crippen LogP) is 2.99. The summed E-state index contributed by atoms with van der Waals surface area (Å²) < 4.78 is 15.8. The Morgan fingerprint density at radius 2 is 1.87 bits per heavy atom. The molecule has 1 aliphatic rings. The molecule has 1 fully saturated rings. The van der Waals surface area contributed by atoms with Crippen molar-refractivity contribution in [3.63, 3.8) is 0 Å². The number of hydrogen-bond donors (Lipinski definition) is 1. The van der Waals surface area contributed by atoms with E-state index in [4.69, 9.17) is 19.7 Å². The number of aromatic nitrogens is 2. The normalized spacial score (nSPS) is 16.8. The molecule has 2 aromatic rings. The van der Waals surface area contributed by atoms with Crippen LogP contribution in [0.25, 0.3) is 12.2 Å². The van der Waals surface area contributed by atoms with Crippen LogP contribution < -0.4 is 15.2 Å². The highest BCUT2D eigenvalue weighted by molar-refractivity contribution is 5.67. The molecule has 6 nitrogen and oxygen atoms in total. The number of nitrogens with zero attached hydrogens (tertiary/aromatic N) is 2. The Labute approximate surface area is 135 Å². The average molecular weight is 315 g/mol. The van der Waals surface area contributed by atoms with Gasteiger partial charge in [0, 0.05) is 6.08 Å². The summed E-state index contributed by atoms with van der Waals surface area (Å²) in [5.41, 5.74) is 6.85. The van der Waals surface area contributed by atoms with Gasteiger partial charge < -0.3 is 19.7 Å². The van der Waals surface area contributed by atoms with E-state index in [-0.39, 0.29) is 0 Å². The lowest BCUT2D eigenvalue weighted by molar-refractivity contribution is 0.355. The predicted molar refractivity (Wildman–Crippen MR) is 87.1 cm³/mol. The smallest absolute Gasteiger partial charge is 0.250 e. The van der Waals surface area contributed by atoms with Crippen LogP contribution in [0.4, 0.5) is 0 Å². The molecule has 6 heteroatoms. The van der Waals surface area contributed by atoms with Crippen LogP contribution in [-0.2, 0) is 5.54 Å². The molecule has 0 unspecified atom stereocenters. The Balaban J connectivity index is 1.77. The first-order valence-electron chi connectivity index (χ1n) is 7.68. The highest BCUT2D eigenvalue weighted by Crippen LogP contribution is 2.34. The van der Waals surface area contributed by atoms with Gasteiger partial charge in [-0.3, -0.25) is 0 Å². The van der Waals surface area contributed by atoms with Gasteiger partial charge in [0.25, 0.3) is 5.89 Å². The van der Waals surface area contributed by atoms with Gasteiger partial charge in [0.2, 0.25) is 0 Å². The highest BCUT2D eigenvalue weighted by atomic mass is 16.5. The zero-order valence-corrected chi connectivity index (χ0v) is 13.4. The first kappa shape index (κ1) is 15.6. The summed E-state index contributed by atoms with van der Waals surface area (Å²) in [7, 11) is 3.22. The van der Waals surface area contributed by atoms with E-state index < -0.39 is 5.54 Å². The van der Waals surface area contributed by atoms with Crippen LogP contribution in [0.1, 0.15) is 43.0 Å². The lowest BCUT2D eigenvalue weighted by atomic mass is 9.99. The van der Waals surface area contributed by atoms with Gasteiger partial charge in [0.15, 0.2) is 17.3 Å². The molecule has 0 aliphatic heterocycles. The maximum absolute atomic E-state index is 6.33. The van der Waals surface area contributed by atoms with Gasteiger partial charge in [-0.15, -0.1) is 0 Å². The summed E-state index contributed by atoms with van der Waals surface area (Å²) in [5.74, 6) is 2.41. The average Bonchev–Trinajstić information content (AvgIpc) is 3.22. The number of benzene rings is 1. The van der Waals surface area contributed by atoms with Crippen molar-refractivity contribution in [1.82, 2.24) is 10.1 Å². The van der Waals surface area contributed by atoms with Crippen molar-refractivity contribution >= 4 is 12.2 Å². The Bertz CT molecular complexity index is 703. The van der Waals surface area contributed by atoms with Crippen molar-refractivity contribution in [1.29, 1.82) is 0 Å². The molecule has 0 saturated heterocycles. The summed E-state index contributed by atoms with van der Waals surface area (Å²) in [4.78, 5) is 4.41. The van der Waals surface area contributed by atoms with Crippen LogP contribution >= 0.6 is 0 Å². The first-order valence-corrected chi connectivity index (χ1v) is 7.68. The van der Waals surface area contributed by atoms with Crippen LogP contribution in [0.5, 0.6) is 11.5 Å². The number of ether oxygens (including phenoxy) is 2. The fourth-order valence-corrected chi connectivity index (χ4v) is 2.86. The maximum atomic E-state index is 6.33. The molecule has 0 atom stereocenters. The third-order valence-electron chi connectivity index (χ3n) is 4.21. The highest BCUT2D eigenvalue weighted by Gasteiger charge is 2.35. The molecule has 0 spiro atoms. The zero-order chi connectivity index (χ0) is 16.3. The largest absolute Gasteiger partial charge is 0.493 e. The molecular formula is C17H21N3O3. The molecule has 0 amide bonds. The van der Waals surface area contributed by atoms with Crippen molar-refractivity contribution < 1.29 is 14.0 Å². The number of methoxy groups -OCH3 is 2. The van der Waals surface area contributed by atoms with Crippen LogP contribution in [0.15, 0.2) is 22.7 Å². The molecule has 1 saturated carbocycles. The Hall–Kier alpha value is -2.34. The maximum Gasteiger partial charge on any atom is 0.250 e. The third kappa shape index (κ3) is 3.22. The van der Waals surface area contributed by atoms with E-state index in [0.717, 1.165) is 31.2 Å². The van der Waals surface area contributed by atoms with Gasteiger partial charge in [-0.25, -0.2) is 0 Å². The van der Waals surface area contributed by atoms with Crippen molar-refractivity contribution in [2.24, 2.45) is 5.73 Å². The van der Waals surface area contributed by atoms with Crippen LogP contribution in [-0.4, -0.2) is 24.4 Å². The molecule has 3 rings (SSSR count). The molecule has 0 bridgehead atoms. The minimum Gasteiger partial charge on any atom is -0.493 e. The topological polar surface area (TPSA) is 83.4 Å². The number of hydrogen-bond acceptors (Lipinski definition) is 6. The lowest BCUT2D eigenvalue weighted by Crippen LogP contribution is -2.34. The second-order valence-corrected chi connectivity index (χ2v) is 5.77. The minimum absolute atomic E-state index is 0.432. The van der Waals surface area contributed by atoms with E-state index in [9.17, 15) is 0 Å². The Morgan fingerprint density at radius 1 is 1.13 bits per heavy atom. The fraction of sp³-hybridized carbons (Fsp3) is 0.412.